The Bertz CT molecular complexity index is 1810. The molecule has 1 fully saturated rings. The quantitative estimate of drug-likeness (QED) is 0.234. The molecule has 214 valence electrons. The van der Waals surface area contributed by atoms with Crippen LogP contribution in [-0.2, 0) is 0 Å². The summed E-state index contributed by atoms with van der Waals surface area (Å²) in [6, 6.07) is 28.2. The van der Waals surface area contributed by atoms with Gasteiger partial charge in [0.05, 0.1) is 0 Å². The van der Waals surface area contributed by atoms with Gasteiger partial charge in [-0.15, -0.1) is 0 Å². The second kappa shape index (κ2) is 9.06. The minimum atomic E-state index is 0.0321. The van der Waals surface area contributed by atoms with E-state index in [-0.39, 0.29) is 5.41 Å². The van der Waals surface area contributed by atoms with Gasteiger partial charge in [0, 0.05) is 5.41 Å². The molecule has 0 N–H and O–H groups in total. The standard InChI is InChI=1S/C43H42/c1-9-33-34(10-2)43(33)41-37(35-25(5)19-23(3)20-26(35)6)29-15-11-13-17-31(29)39(41)40-32-18-14-12-16-30(32)38(42(40)43)36-27(7)21-24(4)22-28(36)8/h11-22,33-34H,9-10H2,1-8H3/t33-,34+. The number of benzene rings is 4. The Morgan fingerprint density at radius 2 is 0.767 bits per heavy atom. The van der Waals surface area contributed by atoms with Crippen LogP contribution in [0.3, 0.4) is 0 Å². The van der Waals surface area contributed by atoms with E-state index in [0.717, 1.165) is 0 Å². The fourth-order valence-corrected chi connectivity index (χ4v) is 10.3. The van der Waals surface area contributed by atoms with E-state index in [2.05, 4.69) is 128 Å². The first-order valence-corrected chi connectivity index (χ1v) is 16.4. The molecule has 0 aromatic heterocycles. The molecule has 4 aromatic carbocycles. The summed E-state index contributed by atoms with van der Waals surface area (Å²) >= 11 is 0. The average molecular weight is 559 g/mol. The number of hydrogen-bond donors (Lipinski definition) is 0. The molecule has 4 aliphatic rings. The van der Waals surface area contributed by atoms with Crippen LogP contribution in [0.5, 0.6) is 0 Å². The molecule has 1 saturated carbocycles. The lowest BCUT2D eigenvalue weighted by Gasteiger charge is -2.25. The first-order chi connectivity index (χ1) is 20.7. The summed E-state index contributed by atoms with van der Waals surface area (Å²) in [4.78, 5) is 0. The van der Waals surface area contributed by atoms with Crippen molar-refractivity contribution < 1.29 is 0 Å². The molecule has 0 unspecified atom stereocenters. The smallest absolute Gasteiger partial charge is 0.0290 e. The lowest BCUT2D eigenvalue weighted by atomic mass is 9.78. The average Bonchev–Trinajstić information content (AvgIpc) is 3.15. The van der Waals surface area contributed by atoms with Gasteiger partial charge in [-0.05, 0) is 142 Å². The normalized spacial score (nSPS) is 20.7. The highest BCUT2D eigenvalue weighted by atomic mass is 14.7. The van der Waals surface area contributed by atoms with E-state index in [1.54, 1.807) is 11.1 Å². The molecule has 8 rings (SSSR count). The van der Waals surface area contributed by atoms with Crippen molar-refractivity contribution in [1.29, 1.82) is 0 Å². The Morgan fingerprint density at radius 3 is 1.07 bits per heavy atom. The van der Waals surface area contributed by atoms with Crippen LogP contribution in [0.2, 0.25) is 0 Å². The van der Waals surface area contributed by atoms with Gasteiger partial charge < -0.3 is 0 Å². The Balaban J connectivity index is 1.60. The number of aryl methyl sites for hydroxylation is 6. The van der Waals surface area contributed by atoms with Crippen molar-refractivity contribution in [1.82, 2.24) is 0 Å². The molecule has 0 saturated heterocycles. The molecular weight excluding hydrogens is 516 g/mol. The summed E-state index contributed by atoms with van der Waals surface area (Å²) < 4.78 is 0. The van der Waals surface area contributed by atoms with Crippen LogP contribution in [-0.4, -0.2) is 0 Å². The van der Waals surface area contributed by atoms with Gasteiger partial charge in [-0.2, -0.15) is 0 Å². The fraction of sp³-hybridized carbons (Fsp3) is 0.302. The third-order valence-electron chi connectivity index (χ3n) is 11.3. The molecule has 0 heterocycles. The summed E-state index contributed by atoms with van der Waals surface area (Å²) in [7, 11) is 0. The molecule has 0 aliphatic heterocycles. The van der Waals surface area contributed by atoms with Gasteiger partial charge in [0.15, 0.2) is 0 Å². The minimum Gasteiger partial charge on any atom is -0.0651 e. The summed E-state index contributed by atoms with van der Waals surface area (Å²) in [5.74, 6) is 1.28. The van der Waals surface area contributed by atoms with Crippen molar-refractivity contribution in [3.05, 3.63) is 151 Å². The van der Waals surface area contributed by atoms with Gasteiger partial charge in [-0.25, -0.2) is 0 Å². The van der Waals surface area contributed by atoms with Gasteiger partial charge in [0.25, 0.3) is 0 Å². The highest BCUT2D eigenvalue weighted by molar-refractivity contribution is 6.26. The van der Waals surface area contributed by atoms with Crippen molar-refractivity contribution in [3.63, 3.8) is 0 Å². The van der Waals surface area contributed by atoms with Gasteiger partial charge >= 0.3 is 0 Å². The van der Waals surface area contributed by atoms with E-state index in [4.69, 9.17) is 0 Å². The fourth-order valence-electron chi connectivity index (χ4n) is 10.3. The molecule has 43 heavy (non-hydrogen) atoms. The molecule has 0 nitrogen and oxygen atoms in total. The predicted octanol–water partition coefficient (Wildman–Crippen LogP) is 11.1. The Hall–Kier alpha value is -3.90. The van der Waals surface area contributed by atoms with Crippen LogP contribution in [0.1, 0.15) is 93.5 Å². The highest BCUT2D eigenvalue weighted by Crippen LogP contribution is 2.82. The minimum absolute atomic E-state index is 0.0321. The third-order valence-corrected chi connectivity index (χ3v) is 11.3. The van der Waals surface area contributed by atoms with Gasteiger partial charge in [-0.1, -0.05) is 111 Å². The monoisotopic (exact) mass is 558 g/mol. The molecule has 0 bridgehead atoms. The van der Waals surface area contributed by atoms with E-state index in [1.165, 1.54) is 102 Å². The van der Waals surface area contributed by atoms with Gasteiger partial charge in [-0.3, -0.25) is 0 Å². The summed E-state index contributed by atoms with van der Waals surface area (Å²) in [5.41, 5.74) is 26.3. The zero-order valence-electron chi connectivity index (χ0n) is 27.0. The second-order valence-corrected chi connectivity index (χ2v) is 13.8. The first kappa shape index (κ1) is 26.7. The van der Waals surface area contributed by atoms with E-state index >= 15 is 0 Å². The molecule has 0 heteroatoms. The van der Waals surface area contributed by atoms with Crippen LogP contribution in [0.15, 0.2) is 83.9 Å². The predicted molar refractivity (Wildman–Crippen MR) is 183 cm³/mol. The van der Waals surface area contributed by atoms with Gasteiger partial charge in [0.1, 0.15) is 0 Å². The van der Waals surface area contributed by atoms with Crippen molar-refractivity contribution in [2.75, 3.05) is 0 Å². The van der Waals surface area contributed by atoms with Gasteiger partial charge in [0.2, 0.25) is 0 Å². The van der Waals surface area contributed by atoms with Crippen LogP contribution >= 0.6 is 0 Å². The van der Waals surface area contributed by atoms with E-state index in [1.807, 2.05) is 0 Å². The van der Waals surface area contributed by atoms with Crippen LogP contribution < -0.4 is 0 Å². The van der Waals surface area contributed by atoms with E-state index in [9.17, 15) is 0 Å². The van der Waals surface area contributed by atoms with Crippen molar-refractivity contribution in [2.24, 2.45) is 17.3 Å². The Morgan fingerprint density at radius 1 is 0.465 bits per heavy atom. The van der Waals surface area contributed by atoms with Crippen molar-refractivity contribution in [3.8, 4) is 0 Å². The lowest BCUT2D eigenvalue weighted by molar-refractivity contribution is 0.640. The largest absolute Gasteiger partial charge is 0.0651 e. The van der Waals surface area contributed by atoms with Crippen LogP contribution in [0.25, 0.3) is 22.3 Å². The molecule has 0 radical (unpaired) electrons. The first-order valence-electron chi connectivity index (χ1n) is 16.4. The molecular formula is C43H42. The Labute approximate surface area is 257 Å². The summed E-state index contributed by atoms with van der Waals surface area (Å²) in [6.07, 6.45) is 2.41. The van der Waals surface area contributed by atoms with Crippen LogP contribution in [0, 0.1) is 58.8 Å². The molecule has 1 spiro atoms. The zero-order chi connectivity index (χ0) is 29.9. The number of rotatable bonds is 4. The highest BCUT2D eigenvalue weighted by Gasteiger charge is 2.72. The van der Waals surface area contributed by atoms with Crippen molar-refractivity contribution in [2.45, 2.75) is 68.2 Å². The summed E-state index contributed by atoms with van der Waals surface area (Å²) in [6.45, 7) is 18.7. The molecule has 0 amide bonds. The molecule has 2 atom stereocenters. The van der Waals surface area contributed by atoms with Crippen LogP contribution in [0.4, 0.5) is 0 Å². The maximum Gasteiger partial charge on any atom is 0.0290 e. The topological polar surface area (TPSA) is 0 Å². The SMILES string of the molecule is CC[C@@H]1[C@H](CC)C12C1=C(c3c(C)cc(C)cc3C)c3ccccc3C1=C1C2=C(c2c(C)cc(C)cc2C)c2ccccc21. The third kappa shape index (κ3) is 3.22. The van der Waals surface area contributed by atoms with E-state index in [0.29, 0.717) is 11.8 Å². The number of allylic oxidation sites excluding steroid dienone is 4. The molecule has 4 aromatic rings. The lowest BCUT2D eigenvalue weighted by Crippen LogP contribution is -2.12. The number of fused-ring (bicyclic) bond motifs is 8. The van der Waals surface area contributed by atoms with Crippen molar-refractivity contribution >= 4 is 22.3 Å². The Kier molecular flexibility index (Phi) is 5.62. The summed E-state index contributed by atoms with van der Waals surface area (Å²) in [5, 5.41) is 0. The van der Waals surface area contributed by atoms with E-state index < -0.39 is 0 Å². The second-order valence-electron chi connectivity index (χ2n) is 13.8. The maximum absolute atomic E-state index is 2.44. The maximum atomic E-state index is 2.44. The zero-order valence-corrected chi connectivity index (χ0v) is 27.0. The number of hydrogen-bond acceptors (Lipinski definition) is 0. The molecule has 4 aliphatic carbocycles.